The summed E-state index contributed by atoms with van der Waals surface area (Å²) in [6.07, 6.45) is 1.69. The molecule has 7 nitrogen and oxygen atoms in total. The first-order valence-corrected chi connectivity index (χ1v) is 3.66. The summed E-state index contributed by atoms with van der Waals surface area (Å²) in [5.41, 5.74) is 0.257. The van der Waals surface area contributed by atoms with Crippen molar-refractivity contribution in [3.63, 3.8) is 0 Å². The van der Waals surface area contributed by atoms with Crippen LogP contribution in [0, 0.1) is 22.4 Å². The Kier molecular flexibility index (Phi) is 2.73. The van der Waals surface area contributed by atoms with Gasteiger partial charge in [0.2, 0.25) is 0 Å². The zero-order valence-electron chi connectivity index (χ0n) is 7.34. The Hall–Kier alpha value is -2.02. The topological polar surface area (TPSA) is 103 Å². The maximum Gasteiger partial charge on any atom is 0.290 e. The van der Waals surface area contributed by atoms with Crippen LogP contribution in [0.2, 0.25) is 0 Å². The van der Waals surface area contributed by atoms with Gasteiger partial charge < -0.3 is 0 Å². The van der Waals surface area contributed by atoms with E-state index >= 15 is 0 Å². The lowest BCUT2D eigenvalue weighted by Gasteiger charge is -2.08. The van der Waals surface area contributed by atoms with Gasteiger partial charge in [-0.25, -0.2) is 4.98 Å². The predicted molar refractivity (Wildman–Crippen MR) is 48.7 cm³/mol. The molecule has 0 radical (unpaired) electrons. The molecule has 0 fully saturated rings. The molecule has 1 aromatic rings. The first-order valence-electron chi connectivity index (χ1n) is 3.66. The molecule has 0 aromatic carbocycles. The van der Waals surface area contributed by atoms with E-state index in [0.717, 1.165) is 6.20 Å². The maximum atomic E-state index is 10.4. The van der Waals surface area contributed by atoms with Crippen molar-refractivity contribution in [2.75, 3.05) is 5.06 Å². The van der Waals surface area contributed by atoms with Crippen molar-refractivity contribution in [1.82, 2.24) is 4.98 Å². The fourth-order valence-electron chi connectivity index (χ4n) is 0.917. The first-order chi connectivity index (χ1) is 6.56. The number of hydroxylamine groups is 1. The van der Waals surface area contributed by atoms with Crippen molar-refractivity contribution < 1.29 is 10.1 Å². The second-order valence-corrected chi connectivity index (χ2v) is 2.56. The lowest BCUT2D eigenvalue weighted by molar-refractivity contribution is -0.385. The van der Waals surface area contributed by atoms with Crippen molar-refractivity contribution in [2.45, 2.75) is 6.92 Å². The van der Waals surface area contributed by atoms with E-state index in [-0.39, 0.29) is 11.5 Å². The van der Waals surface area contributed by atoms with Crippen molar-refractivity contribution in [3.05, 3.63) is 27.9 Å². The average Bonchev–Trinajstić information content (AvgIpc) is 2.15. The number of pyridine rings is 1. The second-order valence-electron chi connectivity index (χ2n) is 2.56. The molecule has 7 heteroatoms. The SMILES string of the molecule is Cc1cc(N(O)C=N)ncc1[N+](=O)[O-]. The Morgan fingerprint density at radius 3 is 2.86 bits per heavy atom. The van der Waals surface area contributed by atoms with E-state index in [0.29, 0.717) is 17.0 Å². The summed E-state index contributed by atoms with van der Waals surface area (Å²) in [6, 6.07) is 1.32. The summed E-state index contributed by atoms with van der Waals surface area (Å²) in [4.78, 5) is 13.5. The minimum atomic E-state index is -0.557. The maximum absolute atomic E-state index is 10.4. The highest BCUT2D eigenvalue weighted by Gasteiger charge is 2.12. The van der Waals surface area contributed by atoms with E-state index in [2.05, 4.69) is 4.98 Å². The molecular formula is C7H8N4O3. The van der Waals surface area contributed by atoms with Crippen LogP contribution in [0.25, 0.3) is 0 Å². The van der Waals surface area contributed by atoms with Gasteiger partial charge in [-0.05, 0) is 13.0 Å². The highest BCUT2D eigenvalue weighted by molar-refractivity contribution is 5.72. The van der Waals surface area contributed by atoms with Crippen LogP contribution in [0.1, 0.15) is 5.56 Å². The van der Waals surface area contributed by atoms with Gasteiger partial charge in [-0.2, -0.15) is 5.06 Å². The Morgan fingerprint density at radius 1 is 1.79 bits per heavy atom. The highest BCUT2D eigenvalue weighted by atomic mass is 16.6. The third-order valence-electron chi connectivity index (χ3n) is 1.62. The number of anilines is 1. The molecule has 0 atom stereocenters. The van der Waals surface area contributed by atoms with Gasteiger partial charge in [0.05, 0.1) is 4.92 Å². The van der Waals surface area contributed by atoms with Crippen LogP contribution in [0.4, 0.5) is 11.5 Å². The van der Waals surface area contributed by atoms with Crippen molar-refractivity contribution >= 4 is 17.8 Å². The fourth-order valence-corrected chi connectivity index (χ4v) is 0.917. The smallest absolute Gasteiger partial charge is 0.289 e. The van der Waals surface area contributed by atoms with E-state index < -0.39 is 4.92 Å². The Labute approximate surface area is 79.2 Å². The van der Waals surface area contributed by atoms with E-state index in [4.69, 9.17) is 10.6 Å². The monoisotopic (exact) mass is 196 g/mol. The normalized spacial score (nSPS) is 9.57. The molecule has 0 aliphatic heterocycles. The van der Waals surface area contributed by atoms with Gasteiger partial charge in [-0.1, -0.05) is 0 Å². The summed E-state index contributed by atoms with van der Waals surface area (Å²) in [7, 11) is 0. The van der Waals surface area contributed by atoms with Crippen LogP contribution in [-0.4, -0.2) is 21.5 Å². The van der Waals surface area contributed by atoms with Crippen molar-refractivity contribution in [2.24, 2.45) is 0 Å². The number of nitrogens with one attached hydrogen (secondary N) is 1. The number of rotatable bonds is 3. The minimum Gasteiger partial charge on any atom is -0.289 e. The van der Waals surface area contributed by atoms with Gasteiger partial charge in [0.1, 0.15) is 12.5 Å². The van der Waals surface area contributed by atoms with E-state index in [1.54, 1.807) is 0 Å². The third kappa shape index (κ3) is 1.83. The van der Waals surface area contributed by atoms with Crippen molar-refractivity contribution in [1.29, 1.82) is 5.41 Å². The minimum absolute atomic E-state index is 0.0723. The van der Waals surface area contributed by atoms with Crippen LogP contribution >= 0.6 is 0 Å². The lowest BCUT2D eigenvalue weighted by Crippen LogP contribution is -2.16. The average molecular weight is 196 g/mol. The molecule has 2 N–H and O–H groups in total. The third-order valence-corrected chi connectivity index (χ3v) is 1.62. The van der Waals surface area contributed by atoms with Crippen LogP contribution < -0.4 is 5.06 Å². The summed E-state index contributed by atoms with van der Waals surface area (Å²) in [5.74, 6) is 0.0723. The highest BCUT2D eigenvalue weighted by Crippen LogP contribution is 2.19. The van der Waals surface area contributed by atoms with Crippen LogP contribution in [0.15, 0.2) is 12.3 Å². The largest absolute Gasteiger partial charge is 0.290 e. The van der Waals surface area contributed by atoms with Gasteiger partial charge >= 0.3 is 0 Å². The molecule has 74 valence electrons. The number of hydrogen-bond donors (Lipinski definition) is 2. The molecule has 14 heavy (non-hydrogen) atoms. The van der Waals surface area contributed by atoms with Crippen LogP contribution in [0.3, 0.4) is 0 Å². The molecular weight excluding hydrogens is 188 g/mol. The lowest BCUT2D eigenvalue weighted by atomic mass is 10.2. The summed E-state index contributed by atoms with van der Waals surface area (Å²) < 4.78 is 0. The Bertz CT molecular complexity index is 379. The molecule has 0 amide bonds. The molecule has 1 aromatic heterocycles. The summed E-state index contributed by atoms with van der Waals surface area (Å²) in [5, 5.41) is 26.7. The standard InChI is InChI=1S/C7H8N4O3/c1-5-2-7(10(12)4-8)9-3-6(5)11(13)14/h2-4,8,12H,1H3. The molecule has 0 unspecified atom stereocenters. The second kappa shape index (κ2) is 3.79. The number of hydrogen-bond acceptors (Lipinski definition) is 5. The fraction of sp³-hybridized carbons (Fsp3) is 0.143. The van der Waals surface area contributed by atoms with Gasteiger partial charge in [-0.15, -0.1) is 0 Å². The zero-order valence-corrected chi connectivity index (χ0v) is 7.34. The predicted octanol–water partition coefficient (Wildman–Crippen LogP) is 1.10. The Balaban J connectivity index is 3.12. The van der Waals surface area contributed by atoms with Gasteiger partial charge in [0.25, 0.3) is 5.69 Å². The Morgan fingerprint density at radius 2 is 2.43 bits per heavy atom. The number of nitro groups is 1. The zero-order chi connectivity index (χ0) is 10.7. The molecule has 0 saturated carbocycles. The molecule has 1 heterocycles. The number of aromatic nitrogens is 1. The molecule has 0 spiro atoms. The van der Waals surface area contributed by atoms with Gasteiger partial charge in [0, 0.05) is 5.56 Å². The molecule has 0 aliphatic carbocycles. The number of nitrogens with zero attached hydrogens (tertiary/aromatic N) is 3. The van der Waals surface area contributed by atoms with E-state index in [1.165, 1.54) is 13.0 Å². The van der Waals surface area contributed by atoms with E-state index in [1.807, 2.05) is 0 Å². The summed E-state index contributed by atoms with van der Waals surface area (Å²) in [6.45, 7) is 1.53. The first kappa shape index (κ1) is 10.1. The van der Waals surface area contributed by atoms with Gasteiger partial charge in [0.15, 0.2) is 5.82 Å². The molecule has 0 saturated heterocycles. The van der Waals surface area contributed by atoms with Crippen LogP contribution in [-0.2, 0) is 0 Å². The number of aryl methyl sites for hydroxylation is 1. The molecule has 1 rings (SSSR count). The van der Waals surface area contributed by atoms with Gasteiger partial charge in [-0.3, -0.25) is 20.7 Å². The molecule has 0 bridgehead atoms. The van der Waals surface area contributed by atoms with E-state index in [9.17, 15) is 10.1 Å². The molecule has 0 aliphatic rings. The summed E-state index contributed by atoms with van der Waals surface area (Å²) >= 11 is 0. The van der Waals surface area contributed by atoms with Crippen molar-refractivity contribution in [3.8, 4) is 0 Å². The van der Waals surface area contributed by atoms with Crippen LogP contribution in [0.5, 0.6) is 0 Å². The quantitative estimate of drug-likeness (QED) is 0.326.